The first-order valence-electron chi connectivity index (χ1n) is 7.10. The van der Waals surface area contributed by atoms with E-state index in [9.17, 15) is 9.90 Å². The number of fused-ring (bicyclic) bond motifs is 1. The van der Waals surface area contributed by atoms with Crippen LogP contribution in [0.4, 0.5) is 0 Å². The van der Waals surface area contributed by atoms with Crippen molar-refractivity contribution in [1.29, 1.82) is 0 Å². The van der Waals surface area contributed by atoms with Crippen molar-refractivity contribution in [1.82, 2.24) is 5.32 Å². The lowest BCUT2D eigenvalue weighted by Crippen LogP contribution is -2.32. The molecular formula is C15H19NO4. The summed E-state index contributed by atoms with van der Waals surface area (Å²) in [4.78, 5) is 12.1. The number of hydrogen-bond acceptors (Lipinski definition) is 4. The van der Waals surface area contributed by atoms with Crippen LogP contribution in [0, 0.1) is 5.92 Å². The molecule has 1 aromatic rings. The average molecular weight is 277 g/mol. The Morgan fingerprint density at radius 2 is 2.05 bits per heavy atom. The molecule has 2 atom stereocenters. The Kier molecular flexibility index (Phi) is 3.78. The third-order valence-corrected chi connectivity index (χ3v) is 3.95. The minimum atomic E-state index is -0.282. The summed E-state index contributed by atoms with van der Waals surface area (Å²) in [7, 11) is 0. The third kappa shape index (κ3) is 2.72. The van der Waals surface area contributed by atoms with Crippen LogP contribution >= 0.6 is 0 Å². The number of benzene rings is 1. The van der Waals surface area contributed by atoms with Crippen molar-refractivity contribution < 1.29 is 19.4 Å². The van der Waals surface area contributed by atoms with E-state index in [0.29, 0.717) is 36.8 Å². The summed E-state index contributed by atoms with van der Waals surface area (Å²) in [6.45, 7) is 1.57. The van der Waals surface area contributed by atoms with E-state index in [0.717, 1.165) is 19.3 Å². The number of ether oxygens (including phenoxy) is 2. The minimum Gasteiger partial charge on any atom is -0.486 e. The molecule has 1 fully saturated rings. The van der Waals surface area contributed by atoms with Crippen LogP contribution in [0.5, 0.6) is 11.5 Å². The van der Waals surface area contributed by atoms with Crippen molar-refractivity contribution in [2.24, 2.45) is 5.92 Å². The molecule has 5 heteroatoms. The van der Waals surface area contributed by atoms with Crippen molar-refractivity contribution in [3.05, 3.63) is 23.8 Å². The van der Waals surface area contributed by atoms with Gasteiger partial charge in [0.05, 0.1) is 6.10 Å². The van der Waals surface area contributed by atoms with Crippen LogP contribution < -0.4 is 14.8 Å². The Hall–Kier alpha value is -1.75. The van der Waals surface area contributed by atoms with E-state index in [-0.39, 0.29) is 17.9 Å². The fourth-order valence-electron chi connectivity index (χ4n) is 2.77. The highest BCUT2D eigenvalue weighted by atomic mass is 16.6. The molecule has 20 heavy (non-hydrogen) atoms. The van der Waals surface area contributed by atoms with Crippen molar-refractivity contribution in [2.75, 3.05) is 19.8 Å². The number of aliphatic hydroxyl groups is 1. The largest absolute Gasteiger partial charge is 0.486 e. The molecule has 1 aliphatic carbocycles. The Morgan fingerprint density at radius 1 is 1.25 bits per heavy atom. The summed E-state index contributed by atoms with van der Waals surface area (Å²) in [5.74, 6) is 1.33. The van der Waals surface area contributed by atoms with E-state index in [2.05, 4.69) is 5.32 Å². The molecular weight excluding hydrogens is 258 g/mol. The Balaban J connectivity index is 1.62. The second-order valence-corrected chi connectivity index (χ2v) is 5.33. The standard InChI is InChI=1S/C15H19NO4/c17-12-3-1-2-11(12)9-16-15(18)10-4-5-13-14(8-10)20-7-6-19-13/h4-5,8,11-12,17H,1-3,6-7,9H2,(H,16,18). The molecule has 1 aromatic carbocycles. The molecule has 0 aromatic heterocycles. The van der Waals surface area contributed by atoms with Crippen LogP contribution in [0.15, 0.2) is 18.2 Å². The van der Waals surface area contributed by atoms with Crippen LogP contribution in [0.25, 0.3) is 0 Å². The molecule has 108 valence electrons. The van der Waals surface area contributed by atoms with Gasteiger partial charge in [0.2, 0.25) is 0 Å². The van der Waals surface area contributed by atoms with E-state index >= 15 is 0 Å². The van der Waals surface area contributed by atoms with Crippen molar-refractivity contribution in [3.63, 3.8) is 0 Å². The molecule has 5 nitrogen and oxygen atoms in total. The van der Waals surface area contributed by atoms with Crippen LogP contribution in [0.2, 0.25) is 0 Å². The third-order valence-electron chi connectivity index (χ3n) is 3.95. The lowest BCUT2D eigenvalue weighted by molar-refractivity contribution is 0.0915. The summed E-state index contributed by atoms with van der Waals surface area (Å²) in [5, 5.41) is 12.6. The molecule has 1 amide bonds. The monoisotopic (exact) mass is 277 g/mol. The summed E-state index contributed by atoms with van der Waals surface area (Å²) in [5.41, 5.74) is 0.557. The fraction of sp³-hybridized carbons (Fsp3) is 0.533. The molecule has 2 N–H and O–H groups in total. The predicted octanol–water partition coefficient (Wildman–Crippen LogP) is 1.35. The Morgan fingerprint density at radius 3 is 2.80 bits per heavy atom. The lowest BCUT2D eigenvalue weighted by atomic mass is 10.1. The van der Waals surface area contributed by atoms with Crippen molar-refractivity contribution >= 4 is 5.91 Å². The highest BCUT2D eigenvalue weighted by Gasteiger charge is 2.25. The maximum atomic E-state index is 12.1. The van der Waals surface area contributed by atoms with Crippen LogP contribution in [0.1, 0.15) is 29.6 Å². The molecule has 1 saturated carbocycles. The highest BCUT2D eigenvalue weighted by Crippen LogP contribution is 2.30. The molecule has 2 unspecified atom stereocenters. The number of amides is 1. The number of rotatable bonds is 3. The maximum absolute atomic E-state index is 12.1. The smallest absolute Gasteiger partial charge is 0.251 e. The second kappa shape index (κ2) is 5.71. The summed E-state index contributed by atoms with van der Waals surface area (Å²) >= 11 is 0. The molecule has 0 bridgehead atoms. The summed E-state index contributed by atoms with van der Waals surface area (Å²) in [6, 6.07) is 5.19. The molecule has 0 saturated heterocycles. The van der Waals surface area contributed by atoms with Gasteiger partial charge < -0.3 is 19.9 Å². The van der Waals surface area contributed by atoms with Crippen LogP contribution in [-0.4, -0.2) is 36.9 Å². The maximum Gasteiger partial charge on any atom is 0.251 e. The lowest BCUT2D eigenvalue weighted by Gasteiger charge is -2.19. The zero-order valence-corrected chi connectivity index (χ0v) is 11.3. The van der Waals surface area contributed by atoms with Gasteiger partial charge in [0, 0.05) is 18.0 Å². The molecule has 2 aliphatic rings. The molecule has 0 radical (unpaired) electrons. The molecule has 3 rings (SSSR count). The van der Waals surface area contributed by atoms with Gasteiger partial charge >= 0.3 is 0 Å². The average Bonchev–Trinajstić information content (AvgIpc) is 2.89. The zero-order valence-electron chi connectivity index (χ0n) is 11.3. The highest BCUT2D eigenvalue weighted by molar-refractivity contribution is 5.94. The van der Waals surface area contributed by atoms with Crippen LogP contribution in [0.3, 0.4) is 0 Å². The Bertz CT molecular complexity index is 503. The molecule has 1 aliphatic heterocycles. The van der Waals surface area contributed by atoms with Gasteiger partial charge in [-0.05, 0) is 31.0 Å². The summed E-state index contributed by atoms with van der Waals surface area (Å²) < 4.78 is 10.9. The van der Waals surface area contributed by atoms with Crippen molar-refractivity contribution in [2.45, 2.75) is 25.4 Å². The van der Waals surface area contributed by atoms with Gasteiger partial charge in [-0.15, -0.1) is 0 Å². The SMILES string of the molecule is O=C(NCC1CCCC1O)c1ccc2c(c1)OCCO2. The quantitative estimate of drug-likeness (QED) is 0.875. The molecule has 1 heterocycles. The fourth-order valence-corrected chi connectivity index (χ4v) is 2.77. The minimum absolute atomic E-state index is 0.138. The van der Waals surface area contributed by atoms with E-state index in [1.54, 1.807) is 18.2 Å². The van der Waals surface area contributed by atoms with Gasteiger partial charge in [-0.1, -0.05) is 6.42 Å². The van der Waals surface area contributed by atoms with Gasteiger partial charge in [-0.25, -0.2) is 0 Å². The van der Waals surface area contributed by atoms with Gasteiger partial charge in [-0.3, -0.25) is 4.79 Å². The first-order valence-corrected chi connectivity index (χ1v) is 7.10. The van der Waals surface area contributed by atoms with E-state index in [1.807, 2.05) is 0 Å². The summed E-state index contributed by atoms with van der Waals surface area (Å²) in [6.07, 6.45) is 2.56. The van der Waals surface area contributed by atoms with E-state index < -0.39 is 0 Å². The number of carbonyl (C=O) groups is 1. The van der Waals surface area contributed by atoms with Crippen molar-refractivity contribution in [3.8, 4) is 11.5 Å². The zero-order chi connectivity index (χ0) is 13.9. The number of hydrogen-bond donors (Lipinski definition) is 2. The van der Waals surface area contributed by atoms with E-state index in [4.69, 9.17) is 9.47 Å². The number of aliphatic hydroxyl groups excluding tert-OH is 1. The van der Waals surface area contributed by atoms with Gasteiger partial charge in [-0.2, -0.15) is 0 Å². The topological polar surface area (TPSA) is 67.8 Å². The van der Waals surface area contributed by atoms with Gasteiger partial charge in [0.1, 0.15) is 13.2 Å². The van der Waals surface area contributed by atoms with Crippen LogP contribution in [-0.2, 0) is 0 Å². The first kappa shape index (κ1) is 13.2. The van der Waals surface area contributed by atoms with Gasteiger partial charge in [0.25, 0.3) is 5.91 Å². The Labute approximate surface area is 117 Å². The van der Waals surface area contributed by atoms with E-state index in [1.165, 1.54) is 0 Å². The first-order chi connectivity index (χ1) is 9.74. The second-order valence-electron chi connectivity index (χ2n) is 5.33. The number of carbonyl (C=O) groups excluding carboxylic acids is 1. The normalized spacial score (nSPS) is 24.4. The molecule has 0 spiro atoms. The van der Waals surface area contributed by atoms with Gasteiger partial charge in [0.15, 0.2) is 11.5 Å². The predicted molar refractivity (Wildman–Crippen MR) is 73.1 cm³/mol. The number of nitrogens with one attached hydrogen (secondary N) is 1.